The first-order chi connectivity index (χ1) is 15.7. The lowest BCUT2D eigenvalue weighted by atomic mass is 10.0. The predicted molar refractivity (Wildman–Crippen MR) is 116 cm³/mol. The number of halogens is 3. The molecule has 0 aliphatic rings. The van der Waals surface area contributed by atoms with Crippen LogP contribution in [-0.2, 0) is 17.1 Å². The van der Waals surface area contributed by atoms with E-state index in [1.807, 2.05) is 0 Å². The van der Waals surface area contributed by atoms with Gasteiger partial charge in [-0.3, -0.25) is 0 Å². The summed E-state index contributed by atoms with van der Waals surface area (Å²) in [6, 6.07) is 2.83. The third-order valence-corrected chi connectivity index (χ3v) is 6.12. The quantitative estimate of drug-likeness (QED) is 0.251. The molecule has 0 saturated heterocycles. The molecule has 0 aliphatic carbocycles. The summed E-state index contributed by atoms with van der Waals surface area (Å²) in [4.78, 5) is 21.8. The minimum atomic E-state index is -4.67. The molecule has 0 fully saturated rings. The average molecular weight is 505 g/mol. The van der Waals surface area contributed by atoms with Crippen molar-refractivity contribution in [1.82, 2.24) is 20.3 Å². The smallest absolute Gasteiger partial charge is 0.339 e. The Morgan fingerprint density at radius 3 is 2.70 bits per heavy atom. The maximum Gasteiger partial charge on any atom is 0.417 e. The molecule has 33 heavy (non-hydrogen) atoms. The fourth-order valence-corrected chi connectivity index (χ4v) is 4.16. The van der Waals surface area contributed by atoms with E-state index in [4.69, 9.17) is 20.0 Å². The van der Waals surface area contributed by atoms with Crippen LogP contribution in [0.5, 0.6) is 0 Å². The summed E-state index contributed by atoms with van der Waals surface area (Å²) in [6.07, 6.45) is -0.0337. The summed E-state index contributed by atoms with van der Waals surface area (Å²) in [5, 5.41) is 11.7. The molecule has 0 saturated carbocycles. The van der Waals surface area contributed by atoms with Crippen LogP contribution in [0.25, 0.3) is 22.0 Å². The number of aryl methyl sites for hydroxylation is 1. The molecule has 180 valence electrons. The second-order valence-electron chi connectivity index (χ2n) is 7.18. The van der Waals surface area contributed by atoms with Crippen molar-refractivity contribution in [2.45, 2.75) is 51.2 Å². The highest BCUT2D eigenvalue weighted by Gasteiger charge is 2.35. The molecule has 1 atom stereocenters. The first-order valence-corrected chi connectivity index (χ1v) is 12.1. The summed E-state index contributed by atoms with van der Waals surface area (Å²) in [6.45, 7) is 1.83. The fraction of sp³-hybridized carbons (Fsp3) is 0.474. The Kier molecular flexibility index (Phi) is 8.85. The van der Waals surface area contributed by atoms with E-state index in [-0.39, 0.29) is 33.6 Å². The topological polar surface area (TPSA) is 140 Å². The van der Waals surface area contributed by atoms with Gasteiger partial charge in [-0.1, -0.05) is 54.8 Å². The molecule has 1 unspecified atom stereocenters. The van der Waals surface area contributed by atoms with E-state index in [2.05, 4.69) is 31.8 Å². The predicted octanol–water partition coefficient (Wildman–Crippen LogP) is 4.62. The lowest BCUT2D eigenvalue weighted by molar-refractivity contribution is -0.137. The fourth-order valence-electron chi connectivity index (χ4n) is 2.99. The van der Waals surface area contributed by atoms with Crippen molar-refractivity contribution < 1.29 is 32.0 Å². The number of nitrogens with zero attached hydrogens (tertiary/aromatic N) is 4. The van der Waals surface area contributed by atoms with Crippen LogP contribution in [0, 0.1) is 0 Å². The zero-order chi connectivity index (χ0) is 24.0. The highest BCUT2D eigenvalue weighted by atomic mass is 32.1. The van der Waals surface area contributed by atoms with Gasteiger partial charge in [0.1, 0.15) is 10.0 Å². The van der Waals surface area contributed by atoms with Crippen LogP contribution < -0.4 is 5.73 Å². The molecule has 0 aliphatic heterocycles. The Morgan fingerprint density at radius 1 is 1.21 bits per heavy atom. The van der Waals surface area contributed by atoms with Gasteiger partial charge in [0, 0.05) is 17.5 Å². The van der Waals surface area contributed by atoms with Gasteiger partial charge in [0.25, 0.3) is 0 Å². The van der Waals surface area contributed by atoms with E-state index in [9.17, 15) is 13.2 Å². The Bertz CT molecular complexity index is 1050. The van der Waals surface area contributed by atoms with Crippen molar-refractivity contribution in [3.63, 3.8) is 0 Å². The molecular weight excluding hydrogens is 482 g/mol. The molecule has 1 aromatic carbocycles. The number of alkyl halides is 3. The molecule has 4 N–H and O–H groups in total. The molecule has 9 nitrogen and oxygen atoms in total. The number of hydrogen-bond acceptors (Lipinski definition) is 10. The van der Waals surface area contributed by atoms with Gasteiger partial charge in [0.15, 0.2) is 0 Å². The minimum absolute atomic E-state index is 0.0133. The number of benzene rings is 1. The van der Waals surface area contributed by atoms with E-state index < -0.39 is 26.4 Å². The summed E-state index contributed by atoms with van der Waals surface area (Å²) in [7, 11) is -2.60. The first kappa shape index (κ1) is 25.6. The summed E-state index contributed by atoms with van der Waals surface area (Å²) in [5.74, 6) is 0.470. The van der Waals surface area contributed by atoms with Gasteiger partial charge in [-0.25, -0.2) is 0 Å². The normalized spacial score (nSPS) is 13.1. The van der Waals surface area contributed by atoms with E-state index in [1.54, 1.807) is 0 Å². The van der Waals surface area contributed by atoms with Crippen LogP contribution in [-0.4, -0.2) is 36.7 Å². The van der Waals surface area contributed by atoms with Crippen LogP contribution in [0.4, 0.5) is 13.2 Å². The van der Waals surface area contributed by atoms with Gasteiger partial charge in [-0.2, -0.15) is 18.2 Å². The zero-order valence-corrected chi connectivity index (χ0v) is 19.3. The molecule has 0 bridgehead atoms. The molecule has 2 heterocycles. The molecule has 0 radical (unpaired) electrons. The number of nitrogens with two attached hydrogens (primary N) is 1. The third-order valence-electron chi connectivity index (χ3n) is 4.65. The highest BCUT2D eigenvalue weighted by Crippen LogP contribution is 2.40. The molecule has 0 spiro atoms. The monoisotopic (exact) mass is 505 g/mol. The van der Waals surface area contributed by atoms with E-state index >= 15 is 0 Å². The van der Waals surface area contributed by atoms with Crippen molar-refractivity contribution >= 4 is 19.9 Å². The van der Waals surface area contributed by atoms with Gasteiger partial charge in [-0.15, -0.1) is 10.2 Å². The summed E-state index contributed by atoms with van der Waals surface area (Å²) < 4.78 is 51.4. The first-order valence-electron chi connectivity index (χ1n) is 10.1. The molecular formula is C19H23F3N5O4PS. The lowest BCUT2D eigenvalue weighted by Crippen LogP contribution is -2.15. The van der Waals surface area contributed by atoms with Crippen molar-refractivity contribution in [1.29, 1.82) is 0 Å². The van der Waals surface area contributed by atoms with Gasteiger partial charge in [0.05, 0.1) is 18.2 Å². The van der Waals surface area contributed by atoms with Crippen LogP contribution in [0.2, 0.25) is 0 Å². The number of aromatic nitrogens is 4. The standard InChI is InChI=1S/C19H23F3N5O4PS/c1-2-3-4-5-6-15-24-16(27-31-15)11-7-8-12(13(9-11)19(20,21)22)17-25-26-18(33-17)14(23)10-30-32(28)29/h7-9,14,28-29H,2-6,10,23H2,1H3. The van der Waals surface area contributed by atoms with Gasteiger partial charge in [0.2, 0.25) is 11.7 Å². The molecule has 2 aromatic heterocycles. The molecule has 3 aromatic rings. The van der Waals surface area contributed by atoms with Crippen molar-refractivity contribution in [3.05, 3.63) is 34.7 Å². The third kappa shape index (κ3) is 6.98. The van der Waals surface area contributed by atoms with Crippen molar-refractivity contribution in [2.24, 2.45) is 5.73 Å². The Balaban J connectivity index is 1.83. The molecule has 0 amide bonds. The van der Waals surface area contributed by atoms with Crippen LogP contribution in [0.1, 0.15) is 55.1 Å². The highest BCUT2D eigenvalue weighted by molar-refractivity contribution is 7.39. The van der Waals surface area contributed by atoms with E-state index in [0.29, 0.717) is 12.3 Å². The zero-order valence-electron chi connectivity index (χ0n) is 17.6. The number of rotatable bonds is 11. The molecule has 3 rings (SSSR count). The minimum Gasteiger partial charge on any atom is -0.339 e. The van der Waals surface area contributed by atoms with E-state index in [0.717, 1.165) is 43.1 Å². The summed E-state index contributed by atoms with van der Waals surface area (Å²) >= 11 is 0.862. The van der Waals surface area contributed by atoms with Crippen LogP contribution in [0.3, 0.4) is 0 Å². The Hall–Kier alpha value is -2.02. The van der Waals surface area contributed by atoms with Gasteiger partial charge >= 0.3 is 14.8 Å². The number of hydrogen-bond donors (Lipinski definition) is 3. The Morgan fingerprint density at radius 2 is 2.00 bits per heavy atom. The van der Waals surface area contributed by atoms with E-state index in [1.165, 1.54) is 12.1 Å². The second-order valence-corrected chi connectivity index (χ2v) is 8.95. The Labute approximate surface area is 192 Å². The maximum absolute atomic E-state index is 13.8. The SMILES string of the molecule is CCCCCCc1nc(-c2ccc(-c3nnc(C(N)COP(O)O)s3)c(C(F)(F)F)c2)no1. The average Bonchev–Trinajstić information content (AvgIpc) is 3.44. The summed E-state index contributed by atoms with van der Waals surface area (Å²) in [5.41, 5.74) is 4.92. The van der Waals surface area contributed by atoms with Gasteiger partial charge in [-0.05, 0) is 12.5 Å². The van der Waals surface area contributed by atoms with Crippen LogP contribution in [0.15, 0.2) is 22.7 Å². The maximum atomic E-state index is 13.8. The largest absolute Gasteiger partial charge is 0.417 e. The van der Waals surface area contributed by atoms with Crippen LogP contribution >= 0.6 is 19.9 Å². The van der Waals surface area contributed by atoms with Gasteiger partial charge < -0.3 is 24.6 Å². The second kappa shape index (κ2) is 11.4. The molecule has 14 heteroatoms. The number of unbranched alkanes of at least 4 members (excludes halogenated alkanes) is 3. The van der Waals surface area contributed by atoms with Crippen molar-refractivity contribution in [3.8, 4) is 22.0 Å². The lowest BCUT2D eigenvalue weighted by Gasteiger charge is -2.12. The van der Waals surface area contributed by atoms with Crippen molar-refractivity contribution in [2.75, 3.05) is 6.61 Å².